The van der Waals surface area contributed by atoms with E-state index < -0.39 is 0 Å². The van der Waals surface area contributed by atoms with Crippen molar-refractivity contribution in [3.63, 3.8) is 0 Å². The average Bonchev–Trinajstić information content (AvgIpc) is 2.38. The molecule has 0 saturated heterocycles. The molecule has 0 fully saturated rings. The minimum absolute atomic E-state index is 0.352. The van der Waals surface area contributed by atoms with Gasteiger partial charge >= 0.3 is 0 Å². The first-order valence-corrected chi connectivity index (χ1v) is 6.00. The molecule has 0 aliphatic heterocycles. The van der Waals surface area contributed by atoms with Gasteiger partial charge in [0, 0.05) is 24.0 Å². The summed E-state index contributed by atoms with van der Waals surface area (Å²) in [5.41, 5.74) is 2.76. The Morgan fingerprint density at radius 3 is 2.75 bits per heavy atom. The van der Waals surface area contributed by atoms with E-state index >= 15 is 0 Å². The van der Waals surface area contributed by atoms with Crippen molar-refractivity contribution < 1.29 is 0 Å². The van der Waals surface area contributed by atoms with Gasteiger partial charge in [-0.3, -0.25) is 0 Å². The summed E-state index contributed by atoms with van der Waals surface area (Å²) in [4.78, 5) is 8.15. The van der Waals surface area contributed by atoms with Crippen molar-refractivity contribution in [1.29, 1.82) is 0 Å². The van der Waals surface area contributed by atoms with Gasteiger partial charge in [0.2, 0.25) is 0 Å². The van der Waals surface area contributed by atoms with Crippen LogP contribution in [0, 0.1) is 0 Å². The SMILES string of the molecule is CNC(CC1=CCCCC1)c1cncnc1. The number of hydrogen-bond acceptors (Lipinski definition) is 3. The van der Waals surface area contributed by atoms with Gasteiger partial charge in [0.1, 0.15) is 6.33 Å². The van der Waals surface area contributed by atoms with Crippen LogP contribution >= 0.6 is 0 Å². The molecule has 0 bridgehead atoms. The molecule has 0 saturated carbocycles. The standard InChI is InChI=1S/C13H19N3/c1-14-13(12-8-15-10-16-9-12)7-11-5-3-2-4-6-11/h5,8-10,13-14H,2-4,6-7H2,1H3. The van der Waals surface area contributed by atoms with Crippen molar-refractivity contribution in [3.8, 4) is 0 Å². The Hall–Kier alpha value is -1.22. The molecule has 1 aromatic heterocycles. The van der Waals surface area contributed by atoms with Crippen LogP contribution in [0.25, 0.3) is 0 Å². The summed E-state index contributed by atoms with van der Waals surface area (Å²) in [5.74, 6) is 0. The average molecular weight is 217 g/mol. The van der Waals surface area contributed by atoms with Crippen molar-refractivity contribution in [2.45, 2.75) is 38.1 Å². The number of nitrogens with one attached hydrogen (secondary N) is 1. The second-order valence-electron chi connectivity index (χ2n) is 4.33. The summed E-state index contributed by atoms with van der Waals surface area (Å²) in [7, 11) is 2.00. The zero-order valence-electron chi connectivity index (χ0n) is 9.82. The van der Waals surface area contributed by atoms with Crippen LogP contribution in [-0.2, 0) is 0 Å². The largest absolute Gasteiger partial charge is 0.313 e. The molecule has 3 nitrogen and oxygen atoms in total. The maximum atomic E-state index is 4.08. The van der Waals surface area contributed by atoms with Crippen molar-refractivity contribution in [1.82, 2.24) is 15.3 Å². The van der Waals surface area contributed by atoms with Crippen LogP contribution in [0.1, 0.15) is 43.7 Å². The molecule has 1 aliphatic carbocycles. The Kier molecular flexibility index (Phi) is 4.05. The third-order valence-corrected chi connectivity index (χ3v) is 3.18. The van der Waals surface area contributed by atoms with Crippen LogP contribution in [0.5, 0.6) is 0 Å². The smallest absolute Gasteiger partial charge is 0.115 e. The van der Waals surface area contributed by atoms with Gasteiger partial charge in [-0.2, -0.15) is 0 Å². The molecule has 1 atom stereocenters. The highest BCUT2D eigenvalue weighted by molar-refractivity contribution is 5.15. The molecular formula is C13H19N3. The third kappa shape index (κ3) is 2.89. The summed E-state index contributed by atoms with van der Waals surface area (Å²) in [5, 5.41) is 3.34. The minimum Gasteiger partial charge on any atom is -0.313 e. The van der Waals surface area contributed by atoms with E-state index in [0.717, 1.165) is 6.42 Å². The molecule has 3 heteroatoms. The zero-order valence-corrected chi connectivity index (χ0v) is 9.82. The van der Waals surface area contributed by atoms with E-state index in [0.29, 0.717) is 6.04 Å². The number of allylic oxidation sites excluding steroid dienone is 1. The van der Waals surface area contributed by atoms with Crippen LogP contribution < -0.4 is 5.32 Å². The number of aromatic nitrogens is 2. The highest BCUT2D eigenvalue weighted by atomic mass is 14.9. The summed E-state index contributed by atoms with van der Waals surface area (Å²) in [6, 6.07) is 0.352. The second kappa shape index (κ2) is 5.75. The summed E-state index contributed by atoms with van der Waals surface area (Å²) >= 11 is 0. The molecule has 86 valence electrons. The highest BCUT2D eigenvalue weighted by Gasteiger charge is 2.13. The quantitative estimate of drug-likeness (QED) is 0.788. The highest BCUT2D eigenvalue weighted by Crippen LogP contribution is 2.26. The first kappa shape index (κ1) is 11.3. The minimum atomic E-state index is 0.352. The van der Waals surface area contributed by atoms with Gasteiger partial charge in [-0.15, -0.1) is 0 Å². The maximum absolute atomic E-state index is 4.08. The third-order valence-electron chi connectivity index (χ3n) is 3.18. The molecule has 0 aromatic carbocycles. The van der Waals surface area contributed by atoms with Gasteiger partial charge in [0.05, 0.1) is 0 Å². The van der Waals surface area contributed by atoms with Gasteiger partial charge in [0.15, 0.2) is 0 Å². The molecule has 1 aliphatic rings. The predicted molar refractivity (Wildman–Crippen MR) is 65.0 cm³/mol. The van der Waals surface area contributed by atoms with Gasteiger partial charge < -0.3 is 5.32 Å². The van der Waals surface area contributed by atoms with E-state index in [4.69, 9.17) is 0 Å². The van der Waals surface area contributed by atoms with E-state index in [-0.39, 0.29) is 0 Å². The maximum Gasteiger partial charge on any atom is 0.115 e. The van der Waals surface area contributed by atoms with E-state index in [9.17, 15) is 0 Å². The molecule has 0 amide bonds. The van der Waals surface area contributed by atoms with Crippen LogP contribution in [0.3, 0.4) is 0 Å². The van der Waals surface area contributed by atoms with Gasteiger partial charge in [-0.05, 0) is 39.2 Å². The van der Waals surface area contributed by atoms with E-state index in [1.54, 1.807) is 11.9 Å². The number of nitrogens with zero attached hydrogens (tertiary/aromatic N) is 2. The molecule has 16 heavy (non-hydrogen) atoms. The molecule has 1 N–H and O–H groups in total. The van der Waals surface area contributed by atoms with Crippen molar-refractivity contribution in [2.24, 2.45) is 0 Å². The lowest BCUT2D eigenvalue weighted by molar-refractivity contribution is 0.555. The lowest BCUT2D eigenvalue weighted by Crippen LogP contribution is -2.17. The Morgan fingerprint density at radius 2 is 2.12 bits per heavy atom. The van der Waals surface area contributed by atoms with Crippen LogP contribution in [-0.4, -0.2) is 17.0 Å². The van der Waals surface area contributed by atoms with Gasteiger partial charge in [-0.1, -0.05) is 11.6 Å². The fourth-order valence-electron chi connectivity index (χ4n) is 2.23. The molecule has 0 spiro atoms. The first-order valence-electron chi connectivity index (χ1n) is 6.00. The molecule has 2 rings (SSSR count). The zero-order chi connectivity index (χ0) is 11.2. The lowest BCUT2D eigenvalue weighted by Gasteiger charge is -2.20. The number of rotatable bonds is 4. The second-order valence-corrected chi connectivity index (χ2v) is 4.33. The predicted octanol–water partition coefficient (Wildman–Crippen LogP) is 2.63. The summed E-state index contributed by atoms with van der Waals surface area (Å²) in [6.07, 6.45) is 14.1. The Labute approximate surface area is 97.0 Å². The monoisotopic (exact) mass is 217 g/mol. The number of hydrogen-bond donors (Lipinski definition) is 1. The molecule has 0 radical (unpaired) electrons. The fourth-order valence-corrected chi connectivity index (χ4v) is 2.23. The van der Waals surface area contributed by atoms with Gasteiger partial charge in [0.25, 0.3) is 0 Å². The Balaban J connectivity index is 2.03. The van der Waals surface area contributed by atoms with Crippen molar-refractivity contribution >= 4 is 0 Å². The molecule has 1 unspecified atom stereocenters. The van der Waals surface area contributed by atoms with Crippen molar-refractivity contribution in [2.75, 3.05) is 7.05 Å². The lowest BCUT2D eigenvalue weighted by atomic mass is 9.92. The van der Waals surface area contributed by atoms with Gasteiger partial charge in [-0.25, -0.2) is 9.97 Å². The first-order chi connectivity index (χ1) is 7.90. The molecule has 1 aromatic rings. The van der Waals surface area contributed by atoms with Crippen molar-refractivity contribution in [3.05, 3.63) is 35.9 Å². The van der Waals surface area contributed by atoms with E-state index in [2.05, 4.69) is 21.4 Å². The Morgan fingerprint density at radius 1 is 1.31 bits per heavy atom. The van der Waals surface area contributed by atoms with Crippen LogP contribution in [0.2, 0.25) is 0 Å². The normalized spacial score (nSPS) is 17.9. The fraction of sp³-hybridized carbons (Fsp3) is 0.538. The van der Waals surface area contributed by atoms with Crippen LogP contribution in [0.15, 0.2) is 30.4 Å². The van der Waals surface area contributed by atoms with Crippen LogP contribution in [0.4, 0.5) is 0 Å². The summed E-state index contributed by atoms with van der Waals surface area (Å²) in [6.45, 7) is 0. The Bertz CT molecular complexity index is 345. The molecule has 1 heterocycles. The molecular weight excluding hydrogens is 198 g/mol. The van der Waals surface area contributed by atoms with E-state index in [1.165, 1.54) is 31.2 Å². The summed E-state index contributed by atoms with van der Waals surface area (Å²) < 4.78 is 0. The van der Waals surface area contributed by atoms with E-state index in [1.807, 2.05) is 19.4 Å². The topological polar surface area (TPSA) is 37.8 Å².